The monoisotopic (exact) mass is 233 g/mol. The molecule has 0 radical (unpaired) electrons. The normalized spacial score (nSPS) is 25.9. The Kier molecular flexibility index (Phi) is 2.64. The van der Waals surface area contributed by atoms with Crippen LogP contribution in [0.4, 0.5) is 0 Å². The quantitative estimate of drug-likeness (QED) is 0.783. The topological polar surface area (TPSA) is 20.3 Å². The zero-order valence-corrected chi connectivity index (χ0v) is 9.95. The van der Waals surface area contributed by atoms with Gasteiger partial charge in [0.15, 0.2) is 0 Å². The number of rotatable bonds is 2. The van der Waals surface area contributed by atoms with Crippen molar-refractivity contribution < 1.29 is 4.79 Å². The number of carbonyl (C=O) groups is 1. The van der Waals surface area contributed by atoms with Crippen LogP contribution in [0.1, 0.15) is 30.2 Å². The average molecular weight is 233 g/mol. The summed E-state index contributed by atoms with van der Waals surface area (Å²) >= 11 is 1.77. The molecule has 1 aromatic rings. The van der Waals surface area contributed by atoms with Gasteiger partial charge in [0.05, 0.1) is 5.75 Å². The second kappa shape index (κ2) is 4.13. The number of benzene rings is 1. The number of nitrogens with zero attached hydrogens (tertiary/aromatic N) is 1. The van der Waals surface area contributed by atoms with Gasteiger partial charge < -0.3 is 4.90 Å². The molecule has 0 aromatic heterocycles. The Labute approximate surface area is 100 Å². The highest BCUT2D eigenvalue weighted by molar-refractivity contribution is 8.00. The molecule has 1 heterocycles. The molecule has 1 atom stereocenters. The number of amides is 1. The Morgan fingerprint density at radius 2 is 1.94 bits per heavy atom. The lowest BCUT2D eigenvalue weighted by molar-refractivity contribution is -0.132. The van der Waals surface area contributed by atoms with Crippen molar-refractivity contribution in [3.05, 3.63) is 35.9 Å². The maximum absolute atomic E-state index is 11.9. The van der Waals surface area contributed by atoms with Gasteiger partial charge in [-0.05, 0) is 24.8 Å². The molecule has 2 fully saturated rings. The number of carbonyl (C=O) groups excluding carboxylic acids is 1. The average Bonchev–Trinajstić information content (AvgIpc) is 2.60. The zero-order valence-electron chi connectivity index (χ0n) is 9.13. The fraction of sp³-hybridized carbons (Fsp3) is 0.462. The highest BCUT2D eigenvalue weighted by Crippen LogP contribution is 2.43. The van der Waals surface area contributed by atoms with E-state index < -0.39 is 0 Å². The summed E-state index contributed by atoms with van der Waals surface area (Å²) in [7, 11) is 0. The largest absolute Gasteiger partial charge is 0.323 e. The summed E-state index contributed by atoms with van der Waals surface area (Å²) in [6.07, 6.45) is 3.66. The molecule has 1 saturated carbocycles. The molecular weight excluding hydrogens is 218 g/mol. The fourth-order valence-corrected chi connectivity index (χ4v) is 3.62. The highest BCUT2D eigenvalue weighted by atomic mass is 32.2. The SMILES string of the molecule is O=C1CSC(c2ccccc2)N1C1CCC1. The van der Waals surface area contributed by atoms with E-state index >= 15 is 0 Å². The molecule has 2 aliphatic rings. The molecule has 1 aromatic carbocycles. The van der Waals surface area contributed by atoms with Crippen LogP contribution in [-0.4, -0.2) is 22.6 Å². The third-order valence-corrected chi connectivity index (χ3v) is 4.69. The van der Waals surface area contributed by atoms with Crippen molar-refractivity contribution in [2.75, 3.05) is 5.75 Å². The van der Waals surface area contributed by atoms with Crippen molar-refractivity contribution in [3.8, 4) is 0 Å². The van der Waals surface area contributed by atoms with Gasteiger partial charge in [-0.25, -0.2) is 0 Å². The third-order valence-electron chi connectivity index (χ3n) is 3.46. The van der Waals surface area contributed by atoms with Crippen LogP contribution in [0, 0.1) is 0 Å². The lowest BCUT2D eigenvalue weighted by Crippen LogP contribution is -2.42. The summed E-state index contributed by atoms with van der Waals surface area (Å²) in [5.74, 6) is 0.972. The van der Waals surface area contributed by atoms with E-state index in [1.54, 1.807) is 11.8 Å². The summed E-state index contributed by atoms with van der Waals surface area (Å²) in [6.45, 7) is 0. The Balaban J connectivity index is 1.86. The molecule has 1 saturated heterocycles. The van der Waals surface area contributed by atoms with Crippen molar-refractivity contribution in [2.45, 2.75) is 30.7 Å². The van der Waals surface area contributed by atoms with Gasteiger partial charge in [-0.3, -0.25) is 4.79 Å². The number of thioether (sulfide) groups is 1. The van der Waals surface area contributed by atoms with Crippen molar-refractivity contribution >= 4 is 17.7 Å². The first-order valence-electron chi connectivity index (χ1n) is 5.84. The first kappa shape index (κ1) is 10.2. The van der Waals surface area contributed by atoms with Gasteiger partial charge in [0.25, 0.3) is 0 Å². The first-order chi connectivity index (χ1) is 7.86. The van der Waals surface area contributed by atoms with Crippen molar-refractivity contribution in [3.63, 3.8) is 0 Å². The van der Waals surface area contributed by atoms with Gasteiger partial charge >= 0.3 is 0 Å². The molecule has 1 aliphatic carbocycles. The maximum Gasteiger partial charge on any atom is 0.234 e. The zero-order chi connectivity index (χ0) is 11.0. The third kappa shape index (κ3) is 1.63. The summed E-state index contributed by atoms with van der Waals surface area (Å²) in [6, 6.07) is 10.9. The minimum Gasteiger partial charge on any atom is -0.323 e. The van der Waals surface area contributed by atoms with Crippen LogP contribution in [0.2, 0.25) is 0 Å². The van der Waals surface area contributed by atoms with Crippen LogP contribution in [-0.2, 0) is 4.79 Å². The predicted molar refractivity (Wildman–Crippen MR) is 66.1 cm³/mol. The Morgan fingerprint density at radius 3 is 2.56 bits per heavy atom. The molecule has 3 rings (SSSR count). The lowest BCUT2D eigenvalue weighted by Gasteiger charge is -2.38. The van der Waals surface area contributed by atoms with E-state index in [0.717, 1.165) is 0 Å². The van der Waals surface area contributed by atoms with E-state index in [4.69, 9.17) is 0 Å². The molecule has 0 bridgehead atoms. The molecule has 3 heteroatoms. The molecule has 0 N–H and O–H groups in total. The molecule has 16 heavy (non-hydrogen) atoms. The molecular formula is C13H15NOS. The highest BCUT2D eigenvalue weighted by Gasteiger charge is 2.39. The summed E-state index contributed by atoms with van der Waals surface area (Å²) in [4.78, 5) is 14.0. The van der Waals surface area contributed by atoms with E-state index in [1.807, 2.05) is 6.07 Å². The van der Waals surface area contributed by atoms with Gasteiger partial charge in [-0.2, -0.15) is 0 Å². The second-order valence-corrected chi connectivity index (χ2v) is 5.53. The number of hydrogen-bond donors (Lipinski definition) is 0. The van der Waals surface area contributed by atoms with E-state index in [-0.39, 0.29) is 5.37 Å². The van der Waals surface area contributed by atoms with Crippen LogP contribution in [0.5, 0.6) is 0 Å². The van der Waals surface area contributed by atoms with Crippen LogP contribution >= 0.6 is 11.8 Å². The van der Waals surface area contributed by atoms with Crippen molar-refractivity contribution in [1.82, 2.24) is 4.90 Å². The Hall–Kier alpha value is -0.960. The van der Waals surface area contributed by atoms with Gasteiger partial charge in [-0.15, -0.1) is 11.8 Å². The fourth-order valence-electron chi connectivity index (χ4n) is 2.37. The standard InChI is InChI=1S/C13H15NOS/c15-12-9-16-13(10-5-2-1-3-6-10)14(12)11-7-4-8-11/h1-3,5-6,11,13H,4,7-9H2. The molecule has 0 spiro atoms. The van der Waals surface area contributed by atoms with E-state index in [2.05, 4.69) is 29.2 Å². The Morgan fingerprint density at radius 1 is 1.19 bits per heavy atom. The van der Waals surface area contributed by atoms with Crippen LogP contribution < -0.4 is 0 Å². The minimum atomic E-state index is 0.263. The predicted octanol–water partition coefficient (Wildman–Crippen LogP) is 2.81. The van der Waals surface area contributed by atoms with E-state index in [1.165, 1.54) is 24.8 Å². The van der Waals surface area contributed by atoms with Crippen molar-refractivity contribution in [2.24, 2.45) is 0 Å². The van der Waals surface area contributed by atoms with Crippen molar-refractivity contribution in [1.29, 1.82) is 0 Å². The van der Waals surface area contributed by atoms with Gasteiger partial charge in [0.2, 0.25) is 5.91 Å². The summed E-state index contributed by atoms with van der Waals surface area (Å²) in [5.41, 5.74) is 1.27. The smallest absolute Gasteiger partial charge is 0.234 e. The van der Waals surface area contributed by atoms with Crippen LogP contribution in [0.15, 0.2) is 30.3 Å². The summed E-state index contributed by atoms with van der Waals surface area (Å²) in [5, 5.41) is 0.263. The second-order valence-electron chi connectivity index (χ2n) is 4.46. The van der Waals surface area contributed by atoms with Crippen LogP contribution in [0.25, 0.3) is 0 Å². The molecule has 84 valence electrons. The maximum atomic E-state index is 11.9. The van der Waals surface area contributed by atoms with E-state index in [0.29, 0.717) is 17.7 Å². The summed E-state index contributed by atoms with van der Waals surface area (Å²) < 4.78 is 0. The van der Waals surface area contributed by atoms with E-state index in [9.17, 15) is 4.79 Å². The molecule has 2 nitrogen and oxygen atoms in total. The molecule has 1 unspecified atom stereocenters. The molecule has 1 aliphatic heterocycles. The van der Waals surface area contributed by atoms with Crippen LogP contribution in [0.3, 0.4) is 0 Å². The first-order valence-corrected chi connectivity index (χ1v) is 6.89. The van der Waals surface area contributed by atoms with Gasteiger partial charge in [-0.1, -0.05) is 30.3 Å². The lowest BCUT2D eigenvalue weighted by atomic mass is 9.91. The number of hydrogen-bond acceptors (Lipinski definition) is 2. The minimum absolute atomic E-state index is 0.263. The molecule has 1 amide bonds. The van der Waals surface area contributed by atoms with Gasteiger partial charge in [0, 0.05) is 6.04 Å². The Bertz CT molecular complexity index is 388. The van der Waals surface area contributed by atoms with Gasteiger partial charge in [0.1, 0.15) is 5.37 Å².